The van der Waals surface area contributed by atoms with Crippen molar-refractivity contribution in [2.45, 2.75) is 13.8 Å². The lowest BCUT2D eigenvalue weighted by molar-refractivity contribution is 0.102. The number of nitrogens with zero attached hydrogens (tertiary/aromatic N) is 2. The molecular weight excluding hydrogens is 288 g/mol. The Morgan fingerprint density at radius 1 is 1.17 bits per heavy atom. The Morgan fingerprint density at radius 3 is 2.61 bits per heavy atom. The van der Waals surface area contributed by atoms with Crippen LogP contribution >= 0.6 is 0 Å². The largest absolute Gasteiger partial charge is 0.363 e. The molecule has 0 unspecified atom stereocenters. The Labute approximate surface area is 135 Å². The van der Waals surface area contributed by atoms with E-state index in [1.165, 1.54) is 5.56 Å². The zero-order valence-corrected chi connectivity index (χ0v) is 13.8. The van der Waals surface area contributed by atoms with E-state index < -0.39 is 0 Å². The number of benzene rings is 1. The molecule has 0 aliphatic carbocycles. The quantitative estimate of drug-likeness (QED) is 0.778. The molecule has 0 spiro atoms. The number of anilines is 2. The van der Waals surface area contributed by atoms with Crippen LogP contribution in [0.25, 0.3) is 10.9 Å². The molecule has 3 aromatic rings. The van der Waals surface area contributed by atoms with Crippen LogP contribution in [-0.2, 0) is 0 Å². The number of hydrogen-bond acceptors (Lipinski definition) is 3. The van der Waals surface area contributed by atoms with E-state index in [9.17, 15) is 4.79 Å². The van der Waals surface area contributed by atoms with Gasteiger partial charge in [0.05, 0.1) is 11.9 Å². The van der Waals surface area contributed by atoms with Crippen molar-refractivity contribution < 1.29 is 4.79 Å². The first-order chi connectivity index (χ1) is 11.0. The molecule has 0 saturated carbocycles. The van der Waals surface area contributed by atoms with E-state index in [1.807, 2.05) is 56.3 Å². The van der Waals surface area contributed by atoms with E-state index in [0.29, 0.717) is 11.3 Å². The number of rotatable bonds is 3. The van der Waals surface area contributed by atoms with Crippen molar-refractivity contribution in [1.29, 1.82) is 0 Å². The number of pyridine rings is 1. The van der Waals surface area contributed by atoms with Gasteiger partial charge in [-0.05, 0) is 49.7 Å². The Morgan fingerprint density at radius 2 is 1.96 bits per heavy atom. The van der Waals surface area contributed by atoms with Gasteiger partial charge < -0.3 is 15.2 Å². The summed E-state index contributed by atoms with van der Waals surface area (Å²) in [7, 11) is 3.86. The van der Waals surface area contributed by atoms with Gasteiger partial charge in [-0.15, -0.1) is 0 Å². The van der Waals surface area contributed by atoms with Crippen molar-refractivity contribution in [3.05, 3.63) is 53.3 Å². The third-order valence-electron chi connectivity index (χ3n) is 4.03. The second-order valence-electron chi connectivity index (χ2n) is 5.89. The summed E-state index contributed by atoms with van der Waals surface area (Å²) in [6, 6.07) is 9.42. The van der Waals surface area contributed by atoms with E-state index >= 15 is 0 Å². The molecular formula is C18H20N4O. The van der Waals surface area contributed by atoms with Crippen LogP contribution in [0.4, 0.5) is 11.5 Å². The molecule has 0 atom stereocenters. The number of carbonyl (C=O) groups is 1. The minimum Gasteiger partial charge on any atom is -0.363 e. The van der Waals surface area contributed by atoms with Crippen LogP contribution in [0.2, 0.25) is 0 Å². The minimum atomic E-state index is -0.135. The Hall–Kier alpha value is -2.82. The zero-order valence-electron chi connectivity index (χ0n) is 13.8. The fraction of sp³-hybridized carbons (Fsp3) is 0.222. The Bertz CT molecular complexity index is 863. The monoisotopic (exact) mass is 308 g/mol. The van der Waals surface area contributed by atoms with Gasteiger partial charge in [0, 0.05) is 36.3 Å². The fourth-order valence-electron chi connectivity index (χ4n) is 2.53. The van der Waals surface area contributed by atoms with Gasteiger partial charge in [-0.2, -0.15) is 0 Å². The minimum absolute atomic E-state index is 0.135. The summed E-state index contributed by atoms with van der Waals surface area (Å²) in [6.07, 6.45) is 1.66. The number of hydrogen-bond donors (Lipinski definition) is 2. The first kappa shape index (κ1) is 15.1. The van der Waals surface area contributed by atoms with Crippen molar-refractivity contribution >= 4 is 28.3 Å². The first-order valence-corrected chi connectivity index (χ1v) is 7.49. The zero-order chi connectivity index (χ0) is 16.6. The van der Waals surface area contributed by atoms with Crippen LogP contribution in [-0.4, -0.2) is 30.0 Å². The maximum absolute atomic E-state index is 12.4. The Balaban J connectivity index is 1.84. The van der Waals surface area contributed by atoms with Crippen molar-refractivity contribution in [3.63, 3.8) is 0 Å². The number of carbonyl (C=O) groups excluding carboxylic acids is 1. The molecule has 0 aliphatic heterocycles. The van der Waals surface area contributed by atoms with Gasteiger partial charge >= 0.3 is 0 Å². The predicted octanol–water partition coefficient (Wildman–Crippen LogP) is 3.50. The average molecular weight is 308 g/mol. The summed E-state index contributed by atoms with van der Waals surface area (Å²) in [5.41, 5.74) is 4.67. The summed E-state index contributed by atoms with van der Waals surface area (Å²) in [4.78, 5) is 22.0. The van der Waals surface area contributed by atoms with Gasteiger partial charge in [-0.25, -0.2) is 4.98 Å². The van der Waals surface area contributed by atoms with Crippen LogP contribution < -0.4 is 10.2 Å². The van der Waals surface area contributed by atoms with Crippen LogP contribution in [0.15, 0.2) is 36.5 Å². The number of aryl methyl sites for hydroxylation is 2. The number of aromatic amines is 1. The lowest BCUT2D eigenvalue weighted by Crippen LogP contribution is -2.13. The maximum atomic E-state index is 12.4. The third kappa shape index (κ3) is 2.90. The molecule has 2 N–H and O–H groups in total. The highest BCUT2D eigenvalue weighted by molar-refractivity contribution is 6.06. The molecule has 1 amide bonds. The SMILES string of the molecule is Cc1[nH]c2ccc(C(=O)Nc3ccc(N(C)C)nc3)cc2c1C. The molecule has 118 valence electrons. The maximum Gasteiger partial charge on any atom is 0.255 e. The standard InChI is InChI=1S/C18H20N4O/c1-11-12(2)20-16-7-5-13(9-15(11)16)18(23)21-14-6-8-17(19-10-14)22(3)4/h5-10,20H,1-4H3,(H,21,23). The van der Waals surface area contributed by atoms with Gasteiger partial charge in [0.1, 0.15) is 5.82 Å². The van der Waals surface area contributed by atoms with Crippen molar-refractivity contribution in [2.75, 3.05) is 24.3 Å². The molecule has 3 rings (SSSR count). The number of amides is 1. The molecule has 2 heterocycles. The summed E-state index contributed by atoms with van der Waals surface area (Å²) in [6.45, 7) is 4.09. The molecule has 0 bridgehead atoms. The number of aromatic nitrogens is 2. The Kier molecular flexibility index (Phi) is 3.78. The fourth-order valence-corrected chi connectivity index (χ4v) is 2.53. The highest BCUT2D eigenvalue weighted by Gasteiger charge is 2.10. The van der Waals surface area contributed by atoms with Crippen LogP contribution in [0.5, 0.6) is 0 Å². The highest BCUT2D eigenvalue weighted by atomic mass is 16.1. The van der Waals surface area contributed by atoms with Crippen molar-refractivity contribution in [2.24, 2.45) is 0 Å². The van der Waals surface area contributed by atoms with Gasteiger partial charge in [0.15, 0.2) is 0 Å². The third-order valence-corrected chi connectivity index (χ3v) is 4.03. The van der Waals surface area contributed by atoms with E-state index in [2.05, 4.69) is 22.2 Å². The molecule has 0 radical (unpaired) electrons. The summed E-state index contributed by atoms with van der Waals surface area (Å²) in [5.74, 6) is 0.715. The van der Waals surface area contributed by atoms with Gasteiger partial charge in [-0.1, -0.05) is 0 Å². The molecule has 1 aromatic carbocycles. The number of fused-ring (bicyclic) bond motifs is 1. The van der Waals surface area contributed by atoms with Gasteiger partial charge in [0.25, 0.3) is 5.91 Å². The molecule has 5 heteroatoms. The van der Waals surface area contributed by atoms with Crippen molar-refractivity contribution in [3.8, 4) is 0 Å². The van der Waals surface area contributed by atoms with Gasteiger partial charge in [0.2, 0.25) is 0 Å². The van der Waals surface area contributed by atoms with E-state index in [1.54, 1.807) is 6.20 Å². The predicted molar refractivity (Wildman–Crippen MR) is 94.3 cm³/mol. The normalized spacial score (nSPS) is 10.8. The smallest absolute Gasteiger partial charge is 0.255 e. The lowest BCUT2D eigenvalue weighted by atomic mass is 10.1. The molecule has 5 nitrogen and oxygen atoms in total. The van der Waals surface area contributed by atoms with Crippen LogP contribution in [0.3, 0.4) is 0 Å². The molecule has 23 heavy (non-hydrogen) atoms. The van der Waals surface area contributed by atoms with Crippen molar-refractivity contribution in [1.82, 2.24) is 9.97 Å². The number of nitrogens with one attached hydrogen (secondary N) is 2. The molecule has 0 fully saturated rings. The van der Waals surface area contributed by atoms with Crippen LogP contribution in [0, 0.1) is 13.8 Å². The van der Waals surface area contributed by atoms with Crippen LogP contribution in [0.1, 0.15) is 21.6 Å². The molecule has 0 aliphatic rings. The van der Waals surface area contributed by atoms with Gasteiger partial charge in [-0.3, -0.25) is 4.79 Å². The second-order valence-corrected chi connectivity index (χ2v) is 5.89. The molecule has 2 aromatic heterocycles. The second kappa shape index (κ2) is 5.76. The summed E-state index contributed by atoms with van der Waals surface area (Å²) >= 11 is 0. The van der Waals surface area contributed by atoms with E-state index in [-0.39, 0.29) is 5.91 Å². The molecule has 0 saturated heterocycles. The first-order valence-electron chi connectivity index (χ1n) is 7.49. The summed E-state index contributed by atoms with van der Waals surface area (Å²) < 4.78 is 0. The lowest BCUT2D eigenvalue weighted by Gasteiger charge is -2.11. The summed E-state index contributed by atoms with van der Waals surface area (Å²) in [5, 5.41) is 3.96. The topological polar surface area (TPSA) is 61.0 Å². The van der Waals surface area contributed by atoms with E-state index in [4.69, 9.17) is 0 Å². The van der Waals surface area contributed by atoms with E-state index in [0.717, 1.165) is 22.4 Å². The number of H-pyrrole nitrogens is 1. The highest BCUT2D eigenvalue weighted by Crippen LogP contribution is 2.23. The average Bonchev–Trinajstić information content (AvgIpc) is 2.82.